The molecule has 1 aromatic rings. The first-order valence-corrected chi connectivity index (χ1v) is 7.64. The number of urea groups is 1. The molecule has 1 saturated heterocycles. The van der Waals surface area contributed by atoms with E-state index >= 15 is 0 Å². The highest BCUT2D eigenvalue weighted by Gasteiger charge is 2.21. The summed E-state index contributed by atoms with van der Waals surface area (Å²) < 4.78 is 6.04. The van der Waals surface area contributed by atoms with E-state index in [0.29, 0.717) is 6.10 Å². The van der Waals surface area contributed by atoms with Crippen molar-refractivity contribution in [2.24, 2.45) is 0 Å². The van der Waals surface area contributed by atoms with Gasteiger partial charge in [0.25, 0.3) is 0 Å². The zero-order valence-electron chi connectivity index (χ0n) is 11.8. The molecule has 0 radical (unpaired) electrons. The van der Waals surface area contributed by atoms with Crippen LogP contribution in [-0.2, 0) is 0 Å². The Balaban J connectivity index is 1.66. The molecule has 2 aliphatic rings. The second kappa shape index (κ2) is 6.16. The third kappa shape index (κ3) is 3.06. The van der Waals surface area contributed by atoms with Gasteiger partial charge in [-0.1, -0.05) is 12.1 Å². The van der Waals surface area contributed by atoms with Crippen LogP contribution in [0.15, 0.2) is 24.3 Å². The smallest absolute Gasteiger partial charge is 0.321 e. The summed E-state index contributed by atoms with van der Waals surface area (Å²) in [6.07, 6.45) is 7.24. The molecule has 1 N–H and O–H groups in total. The Morgan fingerprint density at radius 2 is 1.80 bits per heavy atom. The van der Waals surface area contributed by atoms with Crippen molar-refractivity contribution in [3.05, 3.63) is 24.3 Å². The fourth-order valence-electron chi connectivity index (χ4n) is 2.97. The molecule has 20 heavy (non-hydrogen) atoms. The first kappa shape index (κ1) is 13.3. The van der Waals surface area contributed by atoms with E-state index in [1.807, 2.05) is 29.2 Å². The molecule has 2 fully saturated rings. The summed E-state index contributed by atoms with van der Waals surface area (Å²) in [5.74, 6) is 0.798. The molecule has 0 aromatic heterocycles. The van der Waals surface area contributed by atoms with Crippen LogP contribution < -0.4 is 10.1 Å². The fraction of sp³-hybridized carbons (Fsp3) is 0.562. The lowest BCUT2D eigenvalue weighted by Crippen LogP contribution is -2.32. The molecule has 1 aliphatic carbocycles. The van der Waals surface area contributed by atoms with Crippen LogP contribution in [0.5, 0.6) is 5.75 Å². The van der Waals surface area contributed by atoms with E-state index in [-0.39, 0.29) is 6.03 Å². The maximum absolute atomic E-state index is 12.2. The van der Waals surface area contributed by atoms with Crippen molar-refractivity contribution in [3.8, 4) is 5.75 Å². The highest BCUT2D eigenvalue weighted by Crippen LogP contribution is 2.30. The number of nitrogens with one attached hydrogen (secondary N) is 1. The number of likely N-dealkylation sites (tertiary alicyclic amines) is 1. The molecule has 1 aliphatic heterocycles. The Morgan fingerprint density at radius 3 is 2.55 bits per heavy atom. The minimum atomic E-state index is -0.00929. The molecular formula is C16H22N2O2. The van der Waals surface area contributed by atoms with E-state index in [1.165, 1.54) is 12.8 Å². The van der Waals surface area contributed by atoms with Crippen LogP contribution >= 0.6 is 0 Å². The number of para-hydroxylation sites is 2. The summed E-state index contributed by atoms with van der Waals surface area (Å²) in [6.45, 7) is 1.72. The van der Waals surface area contributed by atoms with E-state index < -0.39 is 0 Å². The van der Waals surface area contributed by atoms with Crippen molar-refractivity contribution >= 4 is 11.7 Å². The molecule has 0 atom stereocenters. The normalized spacial score (nSPS) is 19.3. The van der Waals surface area contributed by atoms with Crippen molar-refractivity contribution < 1.29 is 9.53 Å². The van der Waals surface area contributed by atoms with Gasteiger partial charge >= 0.3 is 6.03 Å². The number of rotatable bonds is 3. The Kier molecular flexibility index (Phi) is 4.09. The molecule has 1 heterocycles. The SMILES string of the molecule is O=C(Nc1ccccc1OC1CCCC1)N1CCCC1. The van der Waals surface area contributed by atoms with Gasteiger partial charge in [-0.2, -0.15) is 0 Å². The van der Waals surface area contributed by atoms with Crippen molar-refractivity contribution in [2.45, 2.75) is 44.6 Å². The average molecular weight is 274 g/mol. The second-order valence-electron chi connectivity index (χ2n) is 5.64. The van der Waals surface area contributed by atoms with Gasteiger partial charge in [-0.05, 0) is 50.7 Å². The van der Waals surface area contributed by atoms with Crippen LogP contribution in [0.3, 0.4) is 0 Å². The van der Waals surface area contributed by atoms with Crippen molar-refractivity contribution in [2.75, 3.05) is 18.4 Å². The number of amides is 2. The van der Waals surface area contributed by atoms with Crippen molar-refractivity contribution in [3.63, 3.8) is 0 Å². The zero-order chi connectivity index (χ0) is 13.8. The maximum atomic E-state index is 12.2. The zero-order valence-corrected chi connectivity index (χ0v) is 11.8. The van der Waals surface area contributed by atoms with E-state index in [1.54, 1.807) is 0 Å². The Bertz CT molecular complexity index is 463. The summed E-state index contributed by atoms with van der Waals surface area (Å²) in [5.41, 5.74) is 0.788. The summed E-state index contributed by atoms with van der Waals surface area (Å²) in [6, 6.07) is 7.73. The van der Waals surface area contributed by atoms with Crippen LogP contribution in [0.2, 0.25) is 0 Å². The van der Waals surface area contributed by atoms with Gasteiger partial charge in [0, 0.05) is 13.1 Å². The minimum Gasteiger partial charge on any atom is -0.488 e. The van der Waals surface area contributed by atoms with Crippen LogP contribution in [0.4, 0.5) is 10.5 Å². The lowest BCUT2D eigenvalue weighted by atomic mass is 10.2. The first-order chi connectivity index (χ1) is 9.83. The first-order valence-electron chi connectivity index (χ1n) is 7.64. The fourth-order valence-corrected chi connectivity index (χ4v) is 2.97. The number of carbonyl (C=O) groups is 1. The predicted octanol–water partition coefficient (Wildman–Crippen LogP) is 3.64. The number of hydrogen-bond acceptors (Lipinski definition) is 2. The van der Waals surface area contributed by atoms with Crippen LogP contribution in [0.1, 0.15) is 38.5 Å². The van der Waals surface area contributed by atoms with E-state index in [4.69, 9.17) is 4.74 Å². The molecule has 108 valence electrons. The quantitative estimate of drug-likeness (QED) is 0.914. The Labute approximate surface area is 120 Å². The van der Waals surface area contributed by atoms with Gasteiger partial charge in [0.2, 0.25) is 0 Å². The van der Waals surface area contributed by atoms with Crippen LogP contribution in [0, 0.1) is 0 Å². The van der Waals surface area contributed by atoms with Gasteiger partial charge in [0.15, 0.2) is 0 Å². The summed E-state index contributed by atoms with van der Waals surface area (Å²) in [4.78, 5) is 14.0. The Hall–Kier alpha value is -1.71. The highest BCUT2D eigenvalue weighted by molar-refractivity contribution is 5.91. The number of ether oxygens (including phenoxy) is 1. The maximum Gasteiger partial charge on any atom is 0.321 e. The Morgan fingerprint density at radius 1 is 1.10 bits per heavy atom. The third-order valence-corrected chi connectivity index (χ3v) is 4.12. The molecule has 2 amide bonds. The molecule has 1 aromatic carbocycles. The number of anilines is 1. The summed E-state index contributed by atoms with van der Waals surface area (Å²) in [5, 5.41) is 2.99. The van der Waals surface area contributed by atoms with Gasteiger partial charge in [-0.3, -0.25) is 0 Å². The second-order valence-corrected chi connectivity index (χ2v) is 5.64. The molecule has 0 bridgehead atoms. The predicted molar refractivity (Wildman–Crippen MR) is 79.2 cm³/mol. The van der Waals surface area contributed by atoms with E-state index in [0.717, 1.165) is 50.2 Å². The van der Waals surface area contributed by atoms with E-state index in [2.05, 4.69) is 5.32 Å². The third-order valence-electron chi connectivity index (χ3n) is 4.12. The lowest BCUT2D eigenvalue weighted by molar-refractivity contribution is 0.209. The van der Waals surface area contributed by atoms with Gasteiger partial charge < -0.3 is 15.0 Å². The molecule has 4 nitrogen and oxygen atoms in total. The number of nitrogens with zero attached hydrogens (tertiary/aromatic N) is 1. The van der Waals surface area contributed by atoms with Gasteiger partial charge in [-0.25, -0.2) is 4.79 Å². The van der Waals surface area contributed by atoms with Crippen molar-refractivity contribution in [1.29, 1.82) is 0 Å². The highest BCUT2D eigenvalue weighted by atomic mass is 16.5. The largest absolute Gasteiger partial charge is 0.488 e. The molecular weight excluding hydrogens is 252 g/mol. The number of carbonyl (C=O) groups excluding carboxylic acids is 1. The number of benzene rings is 1. The molecule has 4 heteroatoms. The van der Waals surface area contributed by atoms with E-state index in [9.17, 15) is 4.79 Å². The average Bonchev–Trinajstić information content (AvgIpc) is 3.13. The van der Waals surface area contributed by atoms with Crippen LogP contribution in [-0.4, -0.2) is 30.1 Å². The standard InChI is InChI=1S/C16H22N2O2/c19-16(18-11-5-6-12-18)17-14-9-3-4-10-15(14)20-13-7-1-2-8-13/h3-4,9-10,13H,1-2,5-8,11-12H2,(H,17,19). The van der Waals surface area contributed by atoms with Gasteiger partial charge in [0.1, 0.15) is 5.75 Å². The summed E-state index contributed by atoms with van der Waals surface area (Å²) >= 11 is 0. The van der Waals surface area contributed by atoms with Crippen LogP contribution in [0.25, 0.3) is 0 Å². The topological polar surface area (TPSA) is 41.6 Å². The monoisotopic (exact) mass is 274 g/mol. The number of hydrogen-bond donors (Lipinski definition) is 1. The summed E-state index contributed by atoms with van der Waals surface area (Å²) in [7, 11) is 0. The van der Waals surface area contributed by atoms with Crippen molar-refractivity contribution in [1.82, 2.24) is 4.90 Å². The lowest BCUT2D eigenvalue weighted by Gasteiger charge is -2.20. The minimum absolute atomic E-state index is 0.00929. The van der Waals surface area contributed by atoms with Gasteiger partial charge in [0.05, 0.1) is 11.8 Å². The molecule has 3 rings (SSSR count). The van der Waals surface area contributed by atoms with Gasteiger partial charge in [-0.15, -0.1) is 0 Å². The molecule has 1 saturated carbocycles. The molecule has 0 spiro atoms. The molecule has 0 unspecified atom stereocenters.